The fourth-order valence-electron chi connectivity index (χ4n) is 8.37. The van der Waals surface area contributed by atoms with Gasteiger partial charge in [-0.3, -0.25) is 14.4 Å². The number of hydrogen-bond acceptors (Lipinski definition) is 6. The first-order valence-electron chi connectivity index (χ1n) is 28.3. The minimum Gasteiger partial charge on any atom is -0.462 e. The first-order chi connectivity index (χ1) is 31.5. The zero-order chi connectivity index (χ0) is 46.5. The molecular weight excluding hydrogens is 793 g/mol. The van der Waals surface area contributed by atoms with Gasteiger partial charge in [0, 0.05) is 19.3 Å². The molecule has 0 radical (unpaired) electrons. The third-order valence-corrected chi connectivity index (χ3v) is 12.7. The topological polar surface area (TPSA) is 78.9 Å². The number of esters is 3. The van der Waals surface area contributed by atoms with Gasteiger partial charge in [-0.15, -0.1) is 0 Å². The lowest BCUT2D eigenvalue weighted by molar-refractivity contribution is -0.167. The van der Waals surface area contributed by atoms with E-state index in [1.807, 2.05) is 0 Å². The number of hydrogen-bond donors (Lipinski definition) is 0. The number of ether oxygens (including phenoxy) is 3. The maximum atomic E-state index is 12.8. The van der Waals surface area contributed by atoms with Crippen LogP contribution in [0.25, 0.3) is 0 Å². The second-order valence-corrected chi connectivity index (χ2v) is 19.2. The maximum absolute atomic E-state index is 12.8. The van der Waals surface area contributed by atoms with Crippen molar-refractivity contribution in [1.82, 2.24) is 0 Å². The van der Waals surface area contributed by atoms with Gasteiger partial charge in [0.1, 0.15) is 13.2 Å². The minimum absolute atomic E-state index is 0.0708. The molecule has 0 aromatic carbocycles. The lowest BCUT2D eigenvalue weighted by Crippen LogP contribution is -2.30. The third-order valence-electron chi connectivity index (χ3n) is 12.7. The average Bonchev–Trinajstić information content (AvgIpc) is 3.29. The molecule has 0 saturated carbocycles. The number of rotatable bonds is 52. The maximum Gasteiger partial charge on any atom is 0.306 e. The molecule has 6 nitrogen and oxygen atoms in total. The predicted molar refractivity (Wildman–Crippen MR) is 275 cm³/mol. The number of carbonyl (C=O) groups is 3. The van der Waals surface area contributed by atoms with Gasteiger partial charge in [0.05, 0.1) is 0 Å². The van der Waals surface area contributed by atoms with E-state index in [1.165, 1.54) is 205 Å². The predicted octanol–water partition coefficient (Wildman–Crippen LogP) is 18.7. The molecule has 0 saturated heterocycles. The Balaban J connectivity index is 4.12. The molecule has 376 valence electrons. The zero-order valence-corrected chi connectivity index (χ0v) is 43.1. The Kier molecular flexibility index (Phi) is 51.7. The van der Waals surface area contributed by atoms with E-state index in [4.69, 9.17) is 14.2 Å². The SMILES string of the molecule is CCCCC/C=C\CCCCCCCC(=O)OC(COC(=O)CCCCCCCCCCC)COC(=O)CCCCCCCCCCCCCCC/C=C\CCCCCCCCCC. The summed E-state index contributed by atoms with van der Waals surface area (Å²) < 4.78 is 16.8. The molecule has 0 spiro atoms. The van der Waals surface area contributed by atoms with E-state index in [-0.39, 0.29) is 31.1 Å². The number of allylic oxidation sites excluding steroid dienone is 4. The van der Waals surface area contributed by atoms with E-state index < -0.39 is 6.10 Å². The second-order valence-electron chi connectivity index (χ2n) is 19.2. The van der Waals surface area contributed by atoms with Gasteiger partial charge in [-0.1, -0.05) is 244 Å². The van der Waals surface area contributed by atoms with Crippen LogP contribution in [0.4, 0.5) is 0 Å². The number of unbranched alkanes of at least 4 members (excludes halogenated alkanes) is 37. The molecule has 0 rings (SSSR count). The summed E-state index contributed by atoms with van der Waals surface area (Å²) in [4.78, 5) is 37.9. The van der Waals surface area contributed by atoms with E-state index in [1.54, 1.807) is 0 Å². The second kappa shape index (κ2) is 53.5. The molecule has 64 heavy (non-hydrogen) atoms. The monoisotopic (exact) mass is 901 g/mol. The Morgan fingerprint density at radius 2 is 0.516 bits per heavy atom. The molecule has 1 unspecified atom stereocenters. The van der Waals surface area contributed by atoms with Gasteiger partial charge in [-0.05, 0) is 70.6 Å². The van der Waals surface area contributed by atoms with Gasteiger partial charge in [-0.25, -0.2) is 0 Å². The Morgan fingerprint density at radius 3 is 0.812 bits per heavy atom. The molecule has 1 atom stereocenters. The quantitative estimate of drug-likeness (QED) is 0.0262. The molecule has 0 N–H and O–H groups in total. The molecule has 6 heteroatoms. The molecule has 0 aliphatic carbocycles. The summed E-state index contributed by atoms with van der Waals surface area (Å²) in [5.74, 6) is -0.868. The van der Waals surface area contributed by atoms with Crippen molar-refractivity contribution in [3.8, 4) is 0 Å². The Hall–Kier alpha value is -2.11. The van der Waals surface area contributed by atoms with E-state index in [9.17, 15) is 14.4 Å². The summed E-state index contributed by atoms with van der Waals surface area (Å²) in [6.45, 7) is 6.62. The summed E-state index contributed by atoms with van der Waals surface area (Å²) >= 11 is 0. The van der Waals surface area contributed by atoms with Crippen LogP contribution in [0, 0.1) is 0 Å². The van der Waals surface area contributed by atoms with Gasteiger partial charge in [0.25, 0.3) is 0 Å². The fourth-order valence-corrected chi connectivity index (χ4v) is 8.37. The van der Waals surface area contributed by atoms with Crippen LogP contribution in [0.1, 0.15) is 310 Å². The van der Waals surface area contributed by atoms with Crippen molar-refractivity contribution < 1.29 is 28.6 Å². The van der Waals surface area contributed by atoms with Crippen LogP contribution in [-0.2, 0) is 28.6 Å². The molecule has 0 heterocycles. The molecular formula is C58H108O6. The van der Waals surface area contributed by atoms with Crippen LogP contribution >= 0.6 is 0 Å². The summed E-state index contributed by atoms with van der Waals surface area (Å²) in [6.07, 6.45) is 61.9. The molecule has 0 aliphatic heterocycles. The van der Waals surface area contributed by atoms with E-state index in [0.29, 0.717) is 19.3 Å². The van der Waals surface area contributed by atoms with Crippen LogP contribution in [0.5, 0.6) is 0 Å². The van der Waals surface area contributed by atoms with E-state index in [2.05, 4.69) is 45.1 Å². The lowest BCUT2D eigenvalue weighted by atomic mass is 10.0. The number of carbonyl (C=O) groups excluding carboxylic acids is 3. The van der Waals surface area contributed by atoms with E-state index >= 15 is 0 Å². The molecule has 0 aromatic heterocycles. The van der Waals surface area contributed by atoms with Crippen LogP contribution in [0.3, 0.4) is 0 Å². The third kappa shape index (κ3) is 50.9. The van der Waals surface area contributed by atoms with Crippen LogP contribution in [0.15, 0.2) is 24.3 Å². The summed E-state index contributed by atoms with van der Waals surface area (Å²) in [6, 6.07) is 0. The van der Waals surface area contributed by atoms with Crippen LogP contribution < -0.4 is 0 Å². The highest BCUT2D eigenvalue weighted by Crippen LogP contribution is 2.16. The Bertz CT molecular complexity index is 1040. The standard InChI is InChI=1S/C58H108O6/c1-4-7-10-13-16-19-21-23-24-25-26-27-28-29-30-31-32-33-34-35-37-39-42-45-48-51-57(60)63-54-55(53-62-56(59)50-47-44-41-38-18-15-12-9-6-3)64-58(61)52-49-46-43-40-36-22-20-17-14-11-8-5-2/h17,20,25-26,55H,4-16,18-19,21-24,27-54H2,1-3H3/b20-17-,26-25-. The normalized spacial score (nSPS) is 12.1. The lowest BCUT2D eigenvalue weighted by Gasteiger charge is -2.18. The Morgan fingerprint density at radius 1 is 0.297 bits per heavy atom. The molecule has 0 bridgehead atoms. The first-order valence-corrected chi connectivity index (χ1v) is 28.3. The van der Waals surface area contributed by atoms with Crippen LogP contribution in [-0.4, -0.2) is 37.2 Å². The van der Waals surface area contributed by atoms with Gasteiger partial charge < -0.3 is 14.2 Å². The highest BCUT2D eigenvalue weighted by Gasteiger charge is 2.19. The minimum atomic E-state index is -0.769. The zero-order valence-electron chi connectivity index (χ0n) is 43.1. The highest BCUT2D eigenvalue weighted by molar-refractivity contribution is 5.71. The summed E-state index contributed by atoms with van der Waals surface area (Å²) in [5.41, 5.74) is 0. The van der Waals surface area contributed by atoms with Gasteiger partial charge >= 0.3 is 17.9 Å². The summed E-state index contributed by atoms with van der Waals surface area (Å²) in [7, 11) is 0. The van der Waals surface area contributed by atoms with Crippen molar-refractivity contribution in [2.75, 3.05) is 13.2 Å². The largest absolute Gasteiger partial charge is 0.462 e. The fraction of sp³-hybridized carbons (Fsp3) is 0.879. The van der Waals surface area contributed by atoms with Crippen molar-refractivity contribution in [2.45, 2.75) is 316 Å². The van der Waals surface area contributed by atoms with Crippen molar-refractivity contribution in [1.29, 1.82) is 0 Å². The van der Waals surface area contributed by atoms with Crippen LogP contribution in [0.2, 0.25) is 0 Å². The molecule has 0 aromatic rings. The van der Waals surface area contributed by atoms with Gasteiger partial charge in [-0.2, -0.15) is 0 Å². The average molecular weight is 901 g/mol. The van der Waals surface area contributed by atoms with Gasteiger partial charge in [0.15, 0.2) is 6.10 Å². The van der Waals surface area contributed by atoms with Crippen molar-refractivity contribution >= 4 is 17.9 Å². The molecule has 0 amide bonds. The first kappa shape index (κ1) is 61.9. The smallest absolute Gasteiger partial charge is 0.306 e. The summed E-state index contributed by atoms with van der Waals surface area (Å²) in [5, 5.41) is 0. The Labute approximate surface area is 398 Å². The van der Waals surface area contributed by atoms with Crippen molar-refractivity contribution in [3.05, 3.63) is 24.3 Å². The highest BCUT2D eigenvalue weighted by atomic mass is 16.6. The molecule has 0 fully saturated rings. The van der Waals surface area contributed by atoms with Crippen molar-refractivity contribution in [2.24, 2.45) is 0 Å². The van der Waals surface area contributed by atoms with E-state index in [0.717, 1.165) is 64.2 Å². The van der Waals surface area contributed by atoms with Crippen molar-refractivity contribution in [3.63, 3.8) is 0 Å². The molecule has 0 aliphatic rings. The van der Waals surface area contributed by atoms with Gasteiger partial charge in [0.2, 0.25) is 0 Å².